The second kappa shape index (κ2) is 4.60. The van der Waals surface area contributed by atoms with Crippen LogP contribution in [0.4, 0.5) is 0 Å². The zero-order valence-electron chi connectivity index (χ0n) is 8.72. The maximum absolute atomic E-state index is 12.1. The summed E-state index contributed by atoms with van der Waals surface area (Å²) in [7, 11) is 0. The quantitative estimate of drug-likeness (QED) is 0.833. The monoisotopic (exact) mass is 300 g/mol. The van der Waals surface area contributed by atoms with Crippen molar-refractivity contribution in [3.63, 3.8) is 0 Å². The Morgan fingerprint density at radius 2 is 2.19 bits per heavy atom. The van der Waals surface area contributed by atoms with Gasteiger partial charge in [0.05, 0.1) is 10.9 Å². The molecule has 4 heteroatoms. The summed E-state index contributed by atoms with van der Waals surface area (Å²) in [5, 5.41) is 0.781. The van der Waals surface area contributed by atoms with Crippen LogP contribution in [0.5, 0.6) is 0 Å². The van der Waals surface area contributed by atoms with E-state index in [-0.39, 0.29) is 10.6 Å². The number of rotatable bonds is 2. The summed E-state index contributed by atoms with van der Waals surface area (Å²) in [6, 6.07) is 5.32. The molecule has 0 fully saturated rings. The van der Waals surface area contributed by atoms with Gasteiger partial charge in [-0.05, 0) is 36.2 Å². The van der Waals surface area contributed by atoms with Crippen LogP contribution < -0.4 is 5.43 Å². The zero-order chi connectivity index (χ0) is 11.7. The molecule has 0 saturated carbocycles. The van der Waals surface area contributed by atoms with Crippen molar-refractivity contribution in [3.05, 3.63) is 43.7 Å². The predicted octanol–water partition coefficient (Wildman–Crippen LogP) is 4.16. The molecule has 2 rings (SSSR count). The minimum Gasteiger partial charge on any atom is -0.444 e. The van der Waals surface area contributed by atoms with Crippen molar-refractivity contribution in [3.8, 4) is 0 Å². The zero-order valence-corrected chi connectivity index (χ0v) is 11.1. The summed E-state index contributed by atoms with van der Waals surface area (Å²) >= 11 is 9.28. The first-order valence-corrected chi connectivity index (χ1v) is 6.21. The van der Waals surface area contributed by atoms with Gasteiger partial charge in [-0.2, -0.15) is 0 Å². The summed E-state index contributed by atoms with van der Waals surface area (Å²) in [5.41, 5.74) is 1.06. The Labute approximate surface area is 106 Å². The fourth-order valence-corrected chi connectivity index (χ4v) is 2.26. The molecule has 0 aliphatic carbocycles. The van der Waals surface area contributed by atoms with Crippen LogP contribution in [-0.2, 0) is 6.42 Å². The first kappa shape index (κ1) is 11.7. The lowest BCUT2D eigenvalue weighted by molar-refractivity contribution is 0.593. The Balaban J connectivity index is 2.80. The molecular weight excluding hydrogens is 291 g/mol. The van der Waals surface area contributed by atoms with Crippen LogP contribution in [0.1, 0.15) is 18.9 Å². The van der Waals surface area contributed by atoms with E-state index in [9.17, 15) is 4.79 Å². The van der Waals surface area contributed by atoms with Gasteiger partial charge >= 0.3 is 0 Å². The number of fused-ring (bicyclic) bond motifs is 1. The van der Waals surface area contributed by atoms with E-state index in [1.165, 1.54) is 0 Å². The molecule has 1 heterocycles. The highest BCUT2D eigenvalue weighted by molar-refractivity contribution is 9.10. The van der Waals surface area contributed by atoms with Gasteiger partial charge in [0.25, 0.3) is 0 Å². The number of benzene rings is 1. The highest BCUT2D eigenvalue weighted by Crippen LogP contribution is 2.23. The third-order valence-corrected chi connectivity index (χ3v) is 3.20. The fourth-order valence-electron chi connectivity index (χ4n) is 1.64. The van der Waals surface area contributed by atoms with E-state index in [1.54, 1.807) is 12.1 Å². The molecule has 0 N–H and O–H groups in total. The lowest BCUT2D eigenvalue weighted by atomic mass is 10.1. The van der Waals surface area contributed by atoms with Gasteiger partial charge in [0, 0.05) is 4.47 Å². The molecule has 0 aliphatic heterocycles. The van der Waals surface area contributed by atoms with Gasteiger partial charge < -0.3 is 4.42 Å². The Morgan fingerprint density at radius 1 is 1.44 bits per heavy atom. The van der Waals surface area contributed by atoms with E-state index in [2.05, 4.69) is 15.9 Å². The molecule has 84 valence electrons. The molecule has 1 aromatic heterocycles. The lowest BCUT2D eigenvalue weighted by Crippen LogP contribution is -2.09. The number of hydrogen-bond donors (Lipinski definition) is 0. The van der Waals surface area contributed by atoms with Gasteiger partial charge in [-0.25, -0.2) is 0 Å². The molecule has 0 bridgehead atoms. The standard InChI is InChI=1S/C12H10BrClO2/c1-2-3-8-11(15)9-6-7(13)4-5-10(9)16-12(8)14/h4-6H,2-3H2,1H3. The van der Waals surface area contributed by atoms with Crippen LogP contribution in [0.25, 0.3) is 11.0 Å². The number of halogens is 2. The van der Waals surface area contributed by atoms with Gasteiger partial charge in [-0.1, -0.05) is 29.3 Å². The van der Waals surface area contributed by atoms with Crippen molar-refractivity contribution in [1.82, 2.24) is 0 Å². The van der Waals surface area contributed by atoms with Crippen LogP contribution >= 0.6 is 27.5 Å². The normalized spacial score (nSPS) is 10.9. The van der Waals surface area contributed by atoms with Gasteiger partial charge in [-0.3, -0.25) is 4.79 Å². The van der Waals surface area contributed by atoms with Crippen molar-refractivity contribution in [2.45, 2.75) is 19.8 Å². The maximum Gasteiger partial charge on any atom is 0.200 e. The molecule has 0 atom stereocenters. The second-order valence-electron chi connectivity index (χ2n) is 3.57. The smallest absolute Gasteiger partial charge is 0.200 e. The maximum atomic E-state index is 12.1. The summed E-state index contributed by atoms with van der Waals surface area (Å²) in [6.07, 6.45) is 1.51. The second-order valence-corrected chi connectivity index (χ2v) is 4.83. The summed E-state index contributed by atoms with van der Waals surface area (Å²) in [4.78, 5) is 12.1. The largest absolute Gasteiger partial charge is 0.444 e. The molecule has 0 unspecified atom stereocenters. The van der Waals surface area contributed by atoms with Crippen LogP contribution in [0.2, 0.25) is 5.22 Å². The van der Waals surface area contributed by atoms with E-state index in [1.807, 2.05) is 13.0 Å². The van der Waals surface area contributed by atoms with Crippen molar-refractivity contribution in [2.24, 2.45) is 0 Å². The average Bonchev–Trinajstić information content (AvgIpc) is 2.26. The molecule has 0 amide bonds. The predicted molar refractivity (Wildman–Crippen MR) is 69.2 cm³/mol. The van der Waals surface area contributed by atoms with Crippen molar-refractivity contribution in [2.75, 3.05) is 0 Å². The molecule has 0 aliphatic rings. The van der Waals surface area contributed by atoms with Crippen molar-refractivity contribution < 1.29 is 4.42 Å². The van der Waals surface area contributed by atoms with E-state index in [0.29, 0.717) is 23.0 Å². The minimum atomic E-state index is -0.0330. The SMILES string of the molecule is CCCc1c(Cl)oc2ccc(Br)cc2c1=O. The third-order valence-electron chi connectivity index (χ3n) is 2.40. The molecule has 0 spiro atoms. The Bertz CT molecular complexity index is 589. The molecule has 0 radical (unpaired) electrons. The van der Waals surface area contributed by atoms with E-state index >= 15 is 0 Å². The van der Waals surface area contributed by atoms with E-state index < -0.39 is 0 Å². The topological polar surface area (TPSA) is 30.2 Å². The van der Waals surface area contributed by atoms with Crippen molar-refractivity contribution >= 4 is 38.5 Å². The van der Waals surface area contributed by atoms with Gasteiger partial charge in [-0.15, -0.1) is 0 Å². The Hall–Kier alpha value is -0.800. The summed E-state index contributed by atoms with van der Waals surface area (Å²) < 4.78 is 6.28. The van der Waals surface area contributed by atoms with Crippen molar-refractivity contribution in [1.29, 1.82) is 0 Å². The lowest BCUT2D eigenvalue weighted by Gasteiger charge is -2.04. The van der Waals surface area contributed by atoms with Crippen LogP contribution in [0.15, 0.2) is 31.9 Å². The highest BCUT2D eigenvalue weighted by atomic mass is 79.9. The van der Waals surface area contributed by atoms with E-state index in [4.69, 9.17) is 16.0 Å². The summed E-state index contributed by atoms with van der Waals surface area (Å²) in [5.74, 6) is 0. The Kier molecular flexibility index (Phi) is 3.36. The minimum absolute atomic E-state index is 0.0330. The van der Waals surface area contributed by atoms with E-state index in [0.717, 1.165) is 10.9 Å². The van der Waals surface area contributed by atoms with Crippen LogP contribution in [0.3, 0.4) is 0 Å². The van der Waals surface area contributed by atoms with Gasteiger partial charge in [0.1, 0.15) is 5.58 Å². The Morgan fingerprint density at radius 3 is 2.88 bits per heavy atom. The van der Waals surface area contributed by atoms with Gasteiger partial charge in [0.15, 0.2) is 5.43 Å². The highest BCUT2D eigenvalue weighted by Gasteiger charge is 2.12. The average molecular weight is 302 g/mol. The molecule has 1 aromatic carbocycles. The first-order chi connectivity index (χ1) is 7.63. The molecular formula is C12H10BrClO2. The summed E-state index contributed by atoms with van der Waals surface area (Å²) in [6.45, 7) is 2.00. The molecule has 2 nitrogen and oxygen atoms in total. The molecule has 0 saturated heterocycles. The molecule has 16 heavy (non-hydrogen) atoms. The third kappa shape index (κ3) is 2.02. The van der Waals surface area contributed by atoms with Gasteiger partial charge in [0.2, 0.25) is 5.22 Å². The van der Waals surface area contributed by atoms with Crippen LogP contribution in [-0.4, -0.2) is 0 Å². The molecule has 2 aromatic rings. The fraction of sp³-hybridized carbons (Fsp3) is 0.250. The van der Waals surface area contributed by atoms with Crippen LogP contribution in [0, 0.1) is 0 Å². The number of hydrogen-bond acceptors (Lipinski definition) is 2. The first-order valence-electron chi connectivity index (χ1n) is 5.04.